The van der Waals surface area contributed by atoms with E-state index >= 15 is 0 Å². The van der Waals surface area contributed by atoms with Crippen LogP contribution in [-0.4, -0.2) is 16.3 Å². The fraction of sp³-hybridized carbons (Fsp3) is 0.500. The molecule has 0 amide bonds. The average molecular weight is 169 g/mol. The molecule has 0 aromatic carbocycles. The maximum Gasteiger partial charge on any atom is 1.00 e. The maximum absolute atomic E-state index is 9.42. The SMILES string of the molecule is O=C(O)OC(Cl)Cl.[H-].[Na+]. The monoisotopic (exact) mass is 168 g/mol. The van der Waals surface area contributed by atoms with Gasteiger partial charge in [0.2, 0.25) is 0 Å². The number of hydrogen-bond donors (Lipinski definition) is 1. The van der Waals surface area contributed by atoms with Crippen molar-refractivity contribution in [3.63, 3.8) is 0 Å². The first-order chi connectivity index (χ1) is 3.13. The maximum atomic E-state index is 9.42. The van der Waals surface area contributed by atoms with E-state index < -0.39 is 11.2 Å². The zero-order valence-electron chi connectivity index (χ0n) is 5.10. The Kier molecular flexibility index (Phi) is 8.68. The van der Waals surface area contributed by atoms with Crippen LogP contribution in [0.15, 0.2) is 0 Å². The molecule has 0 fully saturated rings. The summed E-state index contributed by atoms with van der Waals surface area (Å²) in [6.07, 6.45) is -1.48. The Morgan fingerprint density at radius 1 is 1.75 bits per heavy atom. The third-order valence-corrected chi connectivity index (χ3v) is 0.368. The Hall–Kier alpha value is 0.850. The molecule has 0 unspecified atom stereocenters. The van der Waals surface area contributed by atoms with Crippen molar-refractivity contribution < 1.29 is 45.6 Å². The van der Waals surface area contributed by atoms with Crippen molar-refractivity contribution in [2.75, 3.05) is 0 Å². The van der Waals surface area contributed by atoms with E-state index in [9.17, 15) is 4.79 Å². The second-order valence-corrected chi connectivity index (χ2v) is 1.66. The molecular formula is C2H3Cl2NaO3. The van der Waals surface area contributed by atoms with E-state index in [-0.39, 0.29) is 31.0 Å². The van der Waals surface area contributed by atoms with Gasteiger partial charge < -0.3 is 11.3 Å². The summed E-state index contributed by atoms with van der Waals surface area (Å²) >= 11 is 9.67. The summed E-state index contributed by atoms with van der Waals surface area (Å²) in [5, 5.41) is 6.41. The molecule has 3 nitrogen and oxygen atoms in total. The molecule has 0 spiro atoms. The first-order valence-corrected chi connectivity index (χ1v) is 2.18. The number of ether oxygens (including phenoxy) is 1. The molecule has 0 saturated carbocycles. The zero-order chi connectivity index (χ0) is 5.86. The molecule has 0 saturated heterocycles. The van der Waals surface area contributed by atoms with E-state index in [1.54, 1.807) is 0 Å². The second-order valence-electron chi connectivity index (χ2n) is 0.644. The third kappa shape index (κ3) is 9.97. The van der Waals surface area contributed by atoms with Crippen molar-refractivity contribution in [1.29, 1.82) is 0 Å². The van der Waals surface area contributed by atoms with Crippen molar-refractivity contribution in [2.45, 2.75) is 5.02 Å². The molecule has 0 atom stereocenters. The van der Waals surface area contributed by atoms with Gasteiger partial charge in [-0.25, -0.2) is 4.79 Å². The zero-order valence-corrected chi connectivity index (χ0v) is 7.61. The van der Waals surface area contributed by atoms with Gasteiger partial charge in [-0.3, -0.25) is 0 Å². The van der Waals surface area contributed by atoms with Crippen LogP contribution in [0.25, 0.3) is 0 Å². The summed E-state index contributed by atoms with van der Waals surface area (Å²) in [4.78, 5) is 9.42. The van der Waals surface area contributed by atoms with Gasteiger partial charge in [0, 0.05) is 0 Å². The predicted molar refractivity (Wildman–Crippen MR) is 25.7 cm³/mol. The number of carbonyl (C=O) groups is 1. The first-order valence-electron chi connectivity index (χ1n) is 1.30. The van der Waals surface area contributed by atoms with Crippen LogP contribution < -0.4 is 29.6 Å². The Labute approximate surface area is 79.7 Å². The summed E-state index contributed by atoms with van der Waals surface area (Å²) < 4.78 is 3.70. The predicted octanol–water partition coefficient (Wildman–Crippen LogP) is -1.44. The van der Waals surface area contributed by atoms with Gasteiger partial charge in [-0.05, 0) is 0 Å². The summed E-state index contributed by atoms with van der Waals surface area (Å²) in [5.74, 6) is 0. The standard InChI is InChI=1S/C2H2Cl2O3.Na.H/c3-1(4)7-2(5)6;;/h1H,(H,5,6);;/q;+1;-1. The molecule has 6 heteroatoms. The normalized spacial score (nSPS) is 7.88. The van der Waals surface area contributed by atoms with Gasteiger partial charge in [0.25, 0.3) is 5.02 Å². The Morgan fingerprint density at radius 2 is 2.12 bits per heavy atom. The van der Waals surface area contributed by atoms with E-state index in [2.05, 4.69) is 4.74 Å². The fourth-order valence-corrected chi connectivity index (χ4v) is 0.229. The molecule has 0 aromatic heterocycles. The largest absolute Gasteiger partial charge is 1.00 e. The fourth-order valence-electron chi connectivity index (χ4n) is 0.0762. The summed E-state index contributed by atoms with van der Waals surface area (Å²) in [6, 6.07) is 0. The number of halogens is 2. The molecule has 8 heavy (non-hydrogen) atoms. The molecule has 0 radical (unpaired) electrons. The molecule has 0 aromatic rings. The smallest absolute Gasteiger partial charge is 1.00 e. The minimum Gasteiger partial charge on any atom is -1.00 e. The van der Waals surface area contributed by atoms with E-state index in [4.69, 9.17) is 28.3 Å². The van der Waals surface area contributed by atoms with Crippen LogP contribution in [0.5, 0.6) is 0 Å². The second kappa shape index (κ2) is 5.98. The van der Waals surface area contributed by atoms with Crippen LogP contribution >= 0.6 is 23.2 Å². The van der Waals surface area contributed by atoms with Crippen molar-refractivity contribution in [3.8, 4) is 0 Å². The van der Waals surface area contributed by atoms with Crippen molar-refractivity contribution in [1.82, 2.24) is 0 Å². The van der Waals surface area contributed by atoms with Gasteiger partial charge in [0.05, 0.1) is 0 Å². The van der Waals surface area contributed by atoms with Crippen LogP contribution in [0.4, 0.5) is 4.79 Å². The summed E-state index contributed by atoms with van der Waals surface area (Å²) in [7, 11) is 0. The summed E-state index contributed by atoms with van der Waals surface area (Å²) in [5.41, 5.74) is 0. The number of hydrogen-bond acceptors (Lipinski definition) is 2. The van der Waals surface area contributed by atoms with Gasteiger partial charge in [0.15, 0.2) is 0 Å². The van der Waals surface area contributed by atoms with Gasteiger partial charge in [-0.2, -0.15) is 0 Å². The van der Waals surface area contributed by atoms with E-state index in [1.807, 2.05) is 0 Å². The Bertz CT molecular complexity index is 80.2. The van der Waals surface area contributed by atoms with Gasteiger partial charge >= 0.3 is 35.7 Å². The van der Waals surface area contributed by atoms with Crippen LogP contribution in [0.1, 0.15) is 1.43 Å². The van der Waals surface area contributed by atoms with Crippen LogP contribution in [0, 0.1) is 0 Å². The number of rotatable bonds is 1. The first kappa shape index (κ1) is 11.6. The van der Waals surface area contributed by atoms with Gasteiger partial charge in [-0.1, -0.05) is 23.2 Å². The third-order valence-electron chi connectivity index (χ3n) is 0.190. The average Bonchev–Trinajstić information content (AvgIpc) is 1.27. The minimum atomic E-state index is -1.48. The quantitative estimate of drug-likeness (QED) is 0.297. The molecule has 0 rings (SSSR count). The molecule has 0 heterocycles. The van der Waals surface area contributed by atoms with E-state index in [1.165, 1.54) is 0 Å². The van der Waals surface area contributed by atoms with Crippen LogP contribution in [0.3, 0.4) is 0 Å². The molecule has 0 bridgehead atoms. The number of alkyl halides is 2. The van der Waals surface area contributed by atoms with Gasteiger partial charge in [-0.15, -0.1) is 0 Å². The Morgan fingerprint density at radius 3 is 2.12 bits per heavy atom. The molecule has 1 N–H and O–H groups in total. The van der Waals surface area contributed by atoms with Crippen LogP contribution in [0.2, 0.25) is 0 Å². The van der Waals surface area contributed by atoms with Crippen molar-refractivity contribution >= 4 is 29.4 Å². The Balaban J connectivity index is -0.000000180. The summed E-state index contributed by atoms with van der Waals surface area (Å²) in [6.45, 7) is 0. The van der Waals surface area contributed by atoms with E-state index in [0.29, 0.717) is 0 Å². The van der Waals surface area contributed by atoms with Crippen LogP contribution in [-0.2, 0) is 4.74 Å². The van der Waals surface area contributed by atoms with E-state index in [0.717, 1.165) is 0 Å². The molecule has 0 aliphatic heterocycles. The molecule has 0 aliphatic rings. The van der Waals surface area contributed by atoms with Crippen molar-refractivity contribution in [3.05, 3.63) is 0 Å². The molecular weight excluding hydrogens is 166 g/mol. The molecule has 0 aliphatic carbocycles. The van der Waals surface area contributed by atoms with Gasteiger partial charge in [0.1, 0.15) is 0 Å². The number of carboxylic acid groups (broad SMARTS) is 1. The molecule has 44 valence electrons. The topological polar surface area (TPSA) is 46.5 Å². The van der Waals surface area contributed by atoms with Crippen molar-refractivity contribution in [2.24, 2.45) is 0 Å². The minimum absolute atomic E-state index is 0.